The predicted molar refractivity (Wildman–Crippen MR) is 44.4 cm³/mol. The molecule has 0 aliphatic rings. The van der Waals surface area contributed by atoms with Gasteiger partial charge >= 0.3 is 72.6 Å². The maximum absolute atomic E-state index is 12.6. The molecule has 0 aliphatic heterocycles. The third kappa shape index (κ3) is 1.72. The van der Waals surface area contributed by atoms with E-state index in [4.69, 9.17) is 0 Å². The van der Waals surface area contributed by atoms with Crippen molar-refractivity contribution in [2.45, 2.75) is 0 Å². The molecule has 0 aromatic carbocycles. The second-order valence-electron chi connectivity index (χ2n) is 1.74. The van der Waals surface area contributed by atoms with E-state index in [-0.39, 0.29) is 14.8 Å². The Balaban J connectivity index is 3.21. The molecule has 10 heavy (non-hydrogen) atoms. The van der Waals surface area contributed by atoms with Gasteiger partial charge in [-0.15, -0.1) is 0 Å². The van der Waals surface area contributed by atoms with Crippen LogP contribution in [-0.2, 0) is 0 Å². The average molecular weight is 216 g/mol. The Hall–Kier alpha value is -0.0375. The molecule has 0 radical (unpaired) electrons. The zero-order valence-electron chi connectivity index (χ0n) is 5.14. The van der Waals surface area contributed by atoms with Crippen LogP contribution in [-0.4, -0.2) is 25.2 Å². The Kier molecular flexibility index (Phi) is 2.73. The Morgan fingerprint density at radius 1 is 1.70 bits per heavy atom. The first-order valence-corrected chi connectivity index (χ1v) is 4.86. The van der Waals surface area contributed by atoms with E-state index in [1.807, 2.05) is 0 Å². The van der Waals surface area contributed by atoms with Crippen molar-refractivity contribution in [3.8, 4) is 0 Å². The van der Waals surface area contributed by atoms with E-state index in [0.29, 0.717) is 4.43 Å². The van der Waals surface area contributed by atoms with Crippen LogP contribution in [0.2, 0.25) is 0 Å². The van der Waals surface area contributed by atoms with Gasteiger partial charge in [0.05, 0.1) is 0 Å². The monoisotopic (exact) mass is 215 g/mol. The standard InChI is InChI=1S/C5H2BrFN.CH2.Al/c6-4-1-2-5(7)8-3-4;;/h1,3H;1H2;. The zero-order valence-corrected chi connectivity index (χ0v) is 7.88. The number of nitrogens with zero attached hydrogens (tertiary/aromatic N) is 1. The Bertz CT molecular complexity index is 264. The predicted octanol–water partition coefficient (Wildman–Crippen LogP) is 0.745. The molecule has 1 aromatic heterocycles. The molecule has 4 heteroatoms. The fourth-order valence-electron chi connectivity index (χ4n) is 0.581. The fourth-order valence-corrected chi connectivity index (χ4v) is 1.71. The van der Waals surface area contributed by atoms with E-state index in [1.54, 1.807) is 6.07 Å². The summed E-state index contributed by atoms with van der Waals surface area (Å²) in [5.41, 5.74) is 0. The quantitative estimate of drug-likeness (QED) is 0.498. The molecule has 1 nitrogen and oxygen atoms in total. The van der Waals surface area contributed by atoms with Gasteiger partial charge in [0.1, 0.15) is 0 Å². The molecular formula is C6H4AlBrFN. The van der Waals surface area contributed by atoms with E-state index in [0.717, 1.165) is 4.47 Å². The number of pyridine rings is 1. The van der Waals surface area contributed by atoms with Gasteiger partial charge in [0.25, 0.3) is 0 Å². The number of aromatic nitrogens is 1. The Morgan fingerprint density at radius 3 is 2.90 bits per heavy atom. The summed E-state index contributed by atoms with van der Waals surface area (Å²) in [4.78, 5) is 3.52. The molecule has 0 aliphatic carbocycles. The minimum absolute atomic E-state index is 0.234. The maximum atomic E-state index is 12.6. The summed E-state index contributed by atoms with van der Waals surface area (Å²) in [6.45, 7) is 0. The Morgan fingerprint density at radius 2 is 2.40 bits per heavy atom. The molecule has 0 spiro atoms. The van der Waals surface area contributed by atoms with Gasteiger partial charge in [-0.3, -0.25) is 0 Å². The van der Waals surface area contributed by atoms with Crippen molar-refractivity contribution in [3.63, 3.8) is 0 Å². The minimum atomic E-state index is -0.395. The first-order chi connectivity index (χ1) is 4.74. The first-order valence-electron chi connectivity index (χ1n) is 2.67. The van der Waals surface area contributed by atoms with Crippen LogP contribution in [0.5, 0.6) is 0 Å². The normalized spacial score (nSPS) is 9.00. The molecule has 1 aromatic rings. The van der Waals surface area contributed by atoms with Crippen molar-refractivity contribution in [1.82, 2.24) is 4.98 Å². The van der Waals surface area contributed by atoms with E-state index in [9.17, 15) is 4.39 Å². The molecule has 0 saturated carbocycles. The topological polar surface area (TPSA) is 12.9 Å². The van der Waals surface area contributed by atoms with E-state index in [1.165, 1.54) is 6.20 Å². The van der Waals surface area contributed by atoms with Crippen molar-refractivity contribution >= 4 is 40.5 Å². The van der Waals surface area contributed by atoms with Gasteiger partial charge in [-0.1, -0.05) is 0 Å². The van der Waals surface area contributed by atoms with E-state index < -0.39 is 5.95 Å². The van der Waals surface area contributed by atoms with Crippen LogP contribution in [0.3, 0.4) is 0 Å². The molecule has 0 fully saturated rings. The van der Waals surface area contributed by atoms with Gasteiger partial charge < -0.3 is 0 Å². The summed E-state index contributed by atoms with van der Waals surface area (Å²) < 4.78 is 14.0. The molecular weight excluding hydrogens is 212 g/mol. The van der Waals surface area contributed by atoms with Gasteiger partial charge in [0, 0.05) is 0 Å². The molecule has 0 bridgehead atoms. The summed E-state index contributed by atoms with van der Waals surface area (Å²) in [6.07, 6.45) is 1.44. The SMILES string of the molecule is [CH2]=[Al][c]1cc(Br)cnc1F. The second-order valence-corrected chi connectivity index (χ2v) is 3.68. The number of hydrogen-bond acceptors (Lipinski definition) is 1. The van der Waals surface area contributed by atoms with Crippen molar-refractivity contribution in [2.75, 3.05) is 0 Å². The van der Waals surface area contributed by atoms with Crippen LogP contribution in [0, 0.1) is 5.95 Å². The van der Waals surface area contributed by atoms with Gasteiger partial charge in [-0.05, 0) is 0 Å². The summed E-state index contributed by atoms with van der Waals surface area (Å²) >= 11 is 2.96. The van der Waals surface area contributed by atoms with Crippen molar-refractivity contribution < 1.29 is 4.39 Å². The van der Waals surface area contributed by atoms with Crippen LogP contribution < -0.4 is 4.43 Å². The Labute approximate surface area is 72.7 Å². The molecule has 0 unspecified atom stereocenters. The van der Waals surface area contributed by atoms with Crippen LogP contribution in [0.25, 0.3) is 0 Å². The van der Waals surface area contributed by atoms with Gasteiger partial charge in [0.15, 0.2) is 0 Å². The zero-order chi connectivity index (χ0) is 7.56. The third-order valence-electron chi connectivity index (χ3n) is 1.05. The van der Waals surface area contributed by atoms with E-state index in [2.05, 4.69) is 26.3 Å². The summed E-state index contributed by atoms with van der Waals surface area (Å²) in [5, 5.41) is 3.64. The molecule has 0 N–H and O–H groups in total. The van der Waals surface area contributed by atoms with E-state index >= 15 is 0 Å². The van der Waals surface area contributed by atoms with Crippen LogP contribution >= 0.6 is 15.9 Å². The summed E-state index contributed by atoms with van der Waals surface area (Å²) in [7, 11) is 0. The summed E-state index contributed by atoms with van der Waals surface area (Å²) in [6, 6.07) is 1.71. The number of halogens is 2. The number of rotatable bonds is 1. The second kappa shape index (κ2) is 3.38. The van der Waals surface area contributed by atoms with Crippen LogP contribution in [0.15, 0.2) is 16.7 Å². The van der Waals surface area contributed by atoms with Gasteiger partial charge in [-0.25, -0.2) is 0 Å². The molecule has 0 amide bonds. The molecule has 0 saturated heterocycles. The summed E-state index contributed by atoms with van der Waals surface area (Å²) in [5.74, 6) is -0.395. The third-order valence-corrected chi connectivity index (χ3v) is 2.33. The molecule has 50 valence electrons. The van der Waals surface area contributed by atoms with Crippen molar-refractivity contribution in [3.05, 3.63) is 22.7 Å². The first kappa shape index (κ1) is 8.06. The van der Waals surface area contributed by atoms with Crippen LogP contribution in [0.4, 0.5) is 4.39 Å². The molecule has 0 atom stereocenters. The average Bonchev–Trinajstić information content (AvgIpc) is 1.94. The van der Waals surface area contributed by atoms with Gasteiger partial charge in [0.2, 0.25) is 0 Å². The van der Waals surface area contributed by atoms with Crippen molar-refractivity contribution in [1.29, 1.82) is 0 Å². The number of hydrogen-bond donors (Lipinski definition) is 0. The fraction of sp³-hybridized carbons (Fsp3) is 0. The molecule has 1 heterocycles. The van der Waals surface area contributed by atoms with Crippen LogP contribution in [0.1, 0.15) is 0 Å². The van der Waals surface area contributed by atoms with Gasteiger partial charge in [-0.2, -0.15) is 0 Å². The van der Waals surface area contributed by atoms with Crippen molar-refractivity contribution in [2.24, 2.45) is 0 Å². The molecule has 1 rings (SSSR count).